The zero-order chi connectivity index (χ0) is 21.7. The Labute approximate surface area is 183 Å². The lowest BCUT2D eigenvalue weighted by Gasteiger charge is -2.57. The van der Waals surface area contributed by atoms with Crippen LogP contribution in [0.15, 0.2) is 36.2 Å². The molecule has 6 rings (SSSR count). The summed E-state index contributed by atoms with van der Waals surface area (Å²) >= 11 is 0. The van der Waals surface area contributed by atoms with E-state index in [0.717, 1.165) is 51.4 Å². The summed E-state index contributed by atoms with van der Waals surface area (Å²) in [7, 11) is 0. The van der Waals surface area contributed by atoms with E-state index >= 15 is 0 Å². The minimum Gasteiger partial charge on any atom is -0.489 e. The van der Waals surface area contributed by atoms with Crippen LogP contribution in [0.4, 0.5) is 4.39 Å². The van der Waals surface area contributed by atoms with Gasteiger partial charge >= 0.3 is 0 Å². The maximum Gasteiger partial charge on any atom is 0.228 e. The van der Waals surface area contributed by atoms with Crippen molar-refractivity contribution in [3.8, 4) is 5.75 Å². The van der Waals surface area contributed by atoms with Crippen LogP contribution in [-0.2, 0) is 10.2 Å². The topological polar surface area (TPSA) is 75.8 Å². The molecule has 4 saturated carbocycles. The Morgan fingerprint density at radius 1 is 1.13 bits per heavy atom. The first-order chi connectivity index (χ1) is 14.9. The number of carbonyl (C=O) groups is 1. The number of likely N-dealkylation sites (tertiary alicyclic amines) is 1. The van der Waals surface area contributed by atoms with Crippen LogP contribution >= 0.6 is 0 Å². The van der Waals surface area contributed by atoms with Gasteiger partial charge in [0.25, 0.3) is 0 Å². The lowest BCUT2D eigenvalue weighted by Crippen LogP contribution is -2.68. The Morgan fingerprint density at radius 2 is 1.74 bits per heavy atom. The molecule has 0 unspecified atom stereocenters. The fourth-order valence-electron chi connectivity index (χ4n) is 6.13. The molecule has 1 aliphatic heterocycles. The van der Waals surface area contributed by atoms with E-state index in [-0.39, 0.29) is 29.9 Å². The lowest BCUT2D eigenvalue weighted by molar-refractivity contribution is -0.175. The van der Waals surface area contributed by atoms with E-state index in [1.165, 1.54) is 5.56 Å². The van der Waals surface area contributed by atoms with E-state index in [0.29, 0.717) is 36.7 Å². The number of fused-ring (bicyclic) bond motifs is 3. The van der Waals surface area contributed by atoms with Crippen molar-refractivity contribution in [2.45, 2.75) is 62.4 Å². The largest absolute Gasteiger partial charge is 0.489 e. The van der Waals surface area contributed by atoms with E-state index in [2.05, 4.69) is 12.1 Å². The van der Waals surface area contributed by atoms with Crippen LogP contribution in [-0.4, -0.2) is 47.8 Å². The normalized spacial score (nSPS) is 32.0. The van der Waals surface area contributed by atoms with Crippen LogP contribution in [0.25, 0.3) is 0 Å². The average molecular weight is 429 g/mol. The molecule has 5 aliphatic rings. The maximum absolute atomic E-state index is 13.3. The van der Waals surface area contributed by atoms with Crippen molar-refractivity contribution in [2.24, 2.45) is 17.1 Å². The molecule has 1 saturated heterocycles. The summed E-state index contributed by atoms with van der Waals surface area (Å²) in [5.74, 6) is 1.41. The third-order valence-corrected chi connectivity index (χ3v) is 8.56. The Balaban J connectivity index is 1.20. The number of carbonyl (C=O) groups excluding carboxylic acids is 1. The number of rotatable bonds is 7. The second-order valence-corrected chi connectivity index (χ2v) is 10.4. The average Bonchev–Trinajstić information content (AvgIpc) is 3.65. The first-order valence-corrected chi connectivity index (χ1v) is 11.7. The number of nitrogens with zero attached hydrogens (tertiary/aromatic N) is 1. The van der Waals surface area contributed by atoms with E-state index in [1.54, 1.807) is 0 Å². The third kappa shape index (κ3) is 3.58. The fraction of sp³-hybridized carbons (Fsp3) is 0.640. The molecule has 6 heteroatoms. The van der Waals surface area contributed by atoms with Gasteiger partial charge in [0.1, 0.15) is 18.0 Å². The number of halogens is 1. The van der Waals surface area contributed by atoms with E-state index in [9.17, 15) is 14.3 Å². The van der Waals surface area contributed by atoms with Gasteiger partial charge in [0, 0.05) is 17.5 Å². The van der Waals surface area contributed by atoms with Crippen LogP contribution < -0.4 is 10.5 Å². The summed E-state index contributed by atoms with van der Waals surface area (Å²) in [6.07, 6.45) is 8.62. The van der Waals surface area contributed by atoms with Gasteiger partial charge < -0.3 is 20.5 Å². The Hall–Kier alpha value is -1.92. The monoisotopic (exact) mass is 428 g/mol. The molecule has 5 fully saturated rings. The van der Waals surface area contributed by atoms with Crippen LogP contribution in [0.2, 0.25) is 0 Å². The van der Waals surface area contributed by atoms with Gasteiger partial charge in [0.2, 0.25) is 5.91 Å². The van der Waals surface area contributed by atoms with Crippen molar-refractivity contribution in [1.29, 1.82) is 0 Å². The van der Waals surface area contributed by atoms with Gasteiger partial charge in [0.05, 0.1) is 19.4 Å². The standard InChI is InChI=1S/C25H33FN2O3/c26-13-18(14-27)15-31-21-5-3-19(4-6-21)23-7-10-24(11-8-23,12-9-23)22(29)28-16-25(30,17-28)20-1-2-20/h3-6,13,20,30H,1-2,7-12,14-17,27H2. The van der Waals surface area contributed by atoms with Gasteiger partial charge in [0.15, 0.2) is 0 Å². The highest BCUT2D eigenvalue weighted by Crippen LogP contribution is 2.59. The number of aliphatic hydroxyl groups is 1. The number of β-amino-alcohol motifs (C(OH)–C–C–N with tert-alkyl or cyclic N) is 1. The van der Waals surface area contributed by atoms with Crippen molar-refractivity contribution in [3.63, 3.8) is 0 Å². The van der Waals surface area contributed by atoms with Crippen molar-refractivity contribution in [2.75, 3.05) is 26.2 Å². The van der Waals surface area contributed by atoms with Crippen LogP contribution in [0.5, 0.6) is 5.75 Å². The molecule has 0 spiro atoms. The number of ether oxygens (including phenoxy) is 1. The molecule has 5 nitrogen and oxygen atoms in total. The molecule has 0 atom stereocenters. The second kappa shape index (κ2) is 7.59. The predicted octanol–water partition coefficient (Wildman–Crippen LogP) is 3.45. The zero-order valence-electron chi connectivity index (χ0n) is 18.1. The molecule has 0 aromatic heterocycles. The first-order valence-electron chi connectivity index (χ1n) is 11.7. The van der Waals surface area contributed by atoms with E-state index < -0.39 is 5.60 Å². The summed E-state index contributed by atoms with van der Waals surface area (Å²) < 4.78 is 18.3. The summed E-state index contributed by atoms with van der Waals surface area (Å²) in [5.41, 5.74) is 6.54. The number of nitrogens with two attached hydrogens (primary N) is 1. The van der Waals surface area contributed by atoms with E-state index in [4.69, 9.17) is 10.5 Å². The Kier molecular flexibility index (Phi) is 5.13. The zero-order valence-corrected chi connectivity index (χ0v) is 18.1. The minimum absolute atomic E-state index is 0.144. The molecule has 0 radical (unpaired) electrons. The molecule has 2 bridgehead atoms. The predicted molar refractivity (Wildman–Crippen MR) is 116 cm³/mol. The first kappa shape index (κ1) is 21.0. The quantitative estimate of drug-likeness (QED) is 0.698. The van der Waals surface area contributed by atoms with Crippen molar-refractivity contribution < 1.29 is 19.0 Å². The molecule has 1 heterocycles. The SMILES string of the molecule is NCC(=CF)COc1ccc(C23CCC(C(=O)N4CC(O)(C5CC5)C4)(CC2)CC3)cc1. The number of hydrogen-bond donors (Lipinski definition) is 2. The van der Waals surface area contributed by atoms with E-state index in [1.807, 2.05) is 17.0 Å². The van der Waals surface area contributed by atoms with Crippen LogP contribution in [0.1, 0.15) is 56.9 Å². The highest BCUT2D eigenvalue weighted by Gasteiger charge is 2.59. The van der Waals surface area contributed by atoms with Gasteiger partial charge in [-0.3, -0.25) is 4.79 Å². The molecule has 168 valence electrons. The molecule has 1 amide bonds. The van der Waals surface area contributed by atoms with Crippen molar-refractivity contribution >= 4 is 5.91 Å². The van der Waals surface area contributed by atoms with Crippen molar-refractivity contribution in [1.82, 2.24) is 4.90 Å². The molecule has 4 aliphatic carbocycles. The molecular weight excluding hydrogens is 395 g/mol. The Bertz CT molecular complexity index is 847. The fourth-order valence-corrected chi connectivity index (χ4v) is 6.13. The van der Waals surface area contributed by atoms with Gasteiger partial charge in [-0.05, 0) is 80.4 Å². The second-order valence-electron chi connectivity index (χ2n) is 10.4. The molecule has 3 N–H and O–H groups in total. The van der Waals surface area contributed by atoms with Gasteiger partial charge in [-0.1, -0.05) is 12.1 Å². The number of benzene rings is 1. The molecule has 31 heavy (non-hydrogen) atoms. The van der Waals surface area contributed by atoms with Crippen LogP contribution in [0, 0.1) is 11.3 Å². The summed E-state index contributed by atoms with van der Waals surface area (Å²) in [5, 5.41) is 10.6. The molecule has 1 aromatic carbocycles. The lowest BCUT2D eigenvalue weighted by atomic mass is 9.51. The maximum atomic E-state index is 13.3. The van der Waals surface area contributed by atoms with Gasteiger partial charge in [-0.2, -0.15) is 0 Å². The molecule has 1 aromatic rings. The van der Waals surface area contributed by atoms with Crippen molar-refractivity contribution in [3.05, 3.63) is 41.7 Å². The highest BCUT2D eigenvalue weighted by atomic mass is 19.1. The summed E-state index contributed by atoms with van der Waals surface area (Å²) in [4.78, 5) is 15.2. The number of amides is 1. The minimum atomic E-state index is -0.603. The Morgan fingerprint density at radius 3 is 2.26 bits per heavy atom. The number of hydrogen-bond acceptors (Lipinski definition) is 4. The molecular formula is C25H33FN2O3. The van der Waals surface area contributed by atoms with Gasteiger partial charge in [-0.15, -0.1) is 0 Å². The van der Waals surface area contributed by atoms with Gasteiger partial charge in [-0.25, -0.2) is 4.39 Å². The smallest absolute Gasteiger partial charge is 0.228 e. The summed E-state index contributed by atoms with van der Waals surface area (Å²) in [6, 6.07) is 8.16. The van der Waals surface area contributed by atoms with Crippen LogP contribution in [0.3, 0.4) is 0 Å². The third-order valence-electron chi connectivity index (χ3n) is 8.56. The highest BCUT2D eigenvalue weighted by molar-refractivity contribution is 5.84. The summed E-state index contributed by atoms with van der Waals surface area (Å²) in [6.45, 7) is 1.38.